The van der Waals surface area contributed by atoms with E-state index in [4.69, 9.17) is 0 Å². The van der Waals surface area contributed by atoms with E-state index >= 15 is 0 Å². The maximum Gasteiger partial charge on any atom is 0.269 e. The van der Waals surface area contributed by atoms with Gasteiger partial charge >= 0.3 is 0 Å². The molecule has 2 N–H and O–H groups in total. The highest BCUT2D eigenvalue weighted by Gasteiger charge is 2.07. The maximum absolute atomic E-state index is 10.7. The quantitative estimate of drug-likeness (QED) is 0.201. The third kappa shape index (κ3) is 6.87. The molecule has 1 heterocycles. The lowest BCUT2D eigenvalue weighted by Gasteiger charge is -2.10. The highest BCUT2D eigenvalue weighted by atomic mass is 127. The summed E-state index contributed by atoms with van der Waals surface area (Å²) in [4.78, 5) is 19.4. The van der Waals surface area contributed by atoms with Crippen molar-refractivity contribution in [1.29, 1.82) is 0 Å². The van der Waals surface area contributed by atoms with E-state index in [0.29, 0.717) is 25.0 Å². The number of aromatic nitrogens is 1. The Labute approximate surface area is 174 Å². The Balaban J connectivity index is 0.00000338. The number of aliphatic imine (C=N–C) groups is 1. The number of nitrogens with zero attached hydrogens (tertiary/aromatic N) is 3. The Hall–Kier alpha value is -1.75. The largest absolute Gasteiger partial charge is 0.357 e. The van der Waals surface area contributed by atoms with Gasteiger partial charge in [-0.1, -0.05) is 26.0 Å². The summed E-state index contributed by atoms with van der Waals surface area (Å²) in [7, 11) is 0. The van der Waals surface area contributed by atoms with Gasteiger partial charge in [-0.2, -0.15) is 0 Å². The Morgan fingerprint density at radius 3 is 2.54 bits per heavy atom. The van der Waals surface area contributed by atoms with Crippen LogP contribution in [0.25, 0.3) is 0 Å². The Bertz CT molecular complexity index is 731. The summed E-state index contributed by atoms with van der Waals surface area (Å²) in [5, 5.41) is 20.2. The fourth-order valence-corrected chi connectivity index (χ4v) is 2.96. The van der Waals surface area contributed by atoms with Crippen LogP contribution < -0.4 is 10.6 Å². The van der Waals surface area contributed by atoms with Crippen LogP contribution in [0.5, 0.6) is 0 Å². The van der Waals surface area contributed by atoms with Crippen molar-refractivity contribution in [2.45, 2.75) is 39.8 Å². The molecule has 2 rings (SSSR count). The van der Waals surface area contributed by atoms with E-state index < -0.39 is 4.92 Å². The molecule has 1 aromatic heterocycles. The molecule has 7 nitrogen and oxygen atoms in total. The van der Waals surface area contributed by atoms with E-state index in [1.807, 2.05) is 6.92 Å². The summed E-state index contributed by atoms with van der Waals surface area (Å²) in [6, 6.07) is 6.43. The van der Waals surface area contributed by atoms with Gasteiger partial charge in [0.25, 0.3) is 5.69 Å². The number of hydrogen-bond acceptors (Lipinski definition) is 5. The van der Waals surface area contributed by atoms with Gasteiger partial charge in [0, 0.05) is 24.1 Å². The van der Waals surface area contributed by atoms with E-state index in [2.05, 4.69) is 39.8 Å². The van der Waals surface area contributed by atoms with Crippen LogP contribution in [-0.4, -0.2) is 22.4 Å². The molecule has 0 radical (unpaired) electrons. The third-order valence-corrected chi connectivity index (χ3v) is 4.35. The van der Waals surface area contributed by atoms with E-state index in [-0.39, 0.29) is 29.7 Å². The van der Waals surface area contributed by atoms with Crippen LogP contribution >= 0.6 is 35.3 Å². The molecule has 0 amide bonds. The van der Waals surface area contributed by atoms with Crippen molar-refractivity contribution >= 4 is 47.0 Å². The Kier molecular flexibility index (Phi) is 9.49. The number of nitrogens with one attached hydrogen (secondary N) is 2. The number of nitro groups is 1. The molecule has 26 heavy (non-hydrogen) atoms. The van der Waals surface area contributed by atoms with Crippen LogP contribution in [0.3, 0.4) is 0 Å². The van der Waals surface area contributed by atoms with Gasteiger partial charge in [0.1, 0.15) is 5.01 Å². The number of nitro benzene ring substituents is 1. The SMILES string of the molecule is CCNC(=NCc1ccc([N+](=O)[O-])cc1)NCc1nc(C(C)C)cs1.I. The summed E-state index contributed by atoms with van der Waals surface area (Å²) in [6.45, 7) is 8.07. The van der Waals surface area contributed by atoms with Crippen LogP contribution in [0.2, 0.25) is 0 Å². The molecule has 0 fully saturated rings. The molecule has 0 bridgehead atoms. The third-order valence-electron chi connectivity index (χ3n) is 3.48. The van der Waals surface area contributed by atoms with Crippen molar-refractivity contribution in [3.63, 3.8) is 0 Å². The van der Waals surface area contributed by atoms with Crippen LogP contribution in [0.15, 0.2) is 34.6 Å². The molecule has 2 aromatic rings. The zero-order chi connectivity index (χ0) is 18.2. The second-order valence-electron chi connectivity index (χ2n) is 5.79. The van der Waals surface area contributed by atoms with Gasteiger partial charge in [0.2, 0.25) is 0 Å². The molecule has 0 spiro atoms. The van der Waals surface area contributed by atoms with Crippen molar-refractivity contribution in [3.8, 4) is 0 Å². The molecule has 1 aromatic carbocycles. The Morgan fingerprint density at radius 1 is 1.31 bits per heavy atom. The van der Waals surface area contributed by atoms with Crippen LogP contribution in [0, 0.1) is 10.1 Å². The van der Waals surface area contributed by atoms with E-state index in [1.165, 1.54) is 12.1 Å². The first-order valence-corrected chi connectivity index (χ1v) is 9.07. The number of non-ortho nitro benzene ring substituents is 1. The molecule has 0 atom stereocenters. The monoisotopic (exact) mass is 489 g/mol. The minimum atomic E-state index is -0.405. The highest BCUT2D eigenvalue weighted by Crippen LogP contribution is 2.17. The number of halogens is 1. The van der Waals surface area contributed by atoms with Gasteiger partial charge in [-0.15, -0.1) is 35.3 Å². The fourth-order valence-electron chi connectivity index (χ4n) is 2.07. The average molecular weight is 489 g/mol. The van der Waals surface area contributed by atoms with Gasteiger partial charge in [0.05, 0.1) is 23.7 Å². The van der Waals surface area contributed by atoms with Crippen LogP contribution in [0.1, 0.15) is 43.0 Å². The maximum atomic E-state index is 10.7. The summed E-state index contributed by atoms with van der Waals surface area (Å²) in [6.07, 6.45) is 0. The van der Waals surface area contributed by atoms with Gasteiger partial charge in [-0.3, -0.25) is 10.1 Å². The molecule has 0 saturated carbocycles. The van der Waals surface area contributed by atoms with Gasteiger partial charge in [-0.25, -0.2) is 9.98 Å². The van der Waals surface area contributed by atoms with Crippen molar-refractivity contribution in [1.82, 2.24) is 15.6 Å². The first-order chi connectivity index (χ1) is 12.0. The normalized spacial score (nSPS) is 11.2. The number of benzene rings is 1. The minimum absolute atomic E-state index is 0. The highest BCUT2D eigenvalue weighted by molar-refractivity contribution is 14.0. The van der Waals surface area contributed by atoms with Crippen molar-refractivity contribution in [3.05, 3.63) is 56.0 Å². The zero-order valence-corrected chi connectivity index (χ0v) is 18.2. The number of rotatable bonds is 7. The van der Waals surface area contributed by atoms with Gasteiger partial charge in [0.15, 0.2) is 5.96 Å². The lowest BCUT2D eigenvalue weighted by Crippen LogP contribution is -2.36. The summed E-state index contributed by atoms with van der Waals surface area (Å²) in [5.74, 6) is 1.12. The standard InChI is InChI=1S/C17H23N5O2S.HI/c1-4-18-17(20-10-16-21-15(11-25-16)12(2)3)19-9-13-5-7-14(8-6-13)22(23)24;/h5-8,11-12H,4,9-10H2,1-3H3,(H2,18,19,20);1H. The lowest BCUT2D eigenvalue weighted by atomic mass is 10.2. The predicted octanol–water partition coefficient (Wildman–Crippen LogP) is 4.05. The molecule has 9 heteroatoms. The second-order valence-corrected chi connectivity index (χ2v) is 6.74. The number of thiazole rings is 1. The van der Waals surface area contributed by atoms with Crippen molar-refractivity contribution in [2.24, 2.45) is 4.99 Å². The van der Waals surface area contributed by atoms with Crippen LogP contribution in [0.4, 0.5) is 5.69 Å². The summed E-state index contributed by atoms with van der Waals surface area (Å²) < 4.78 is 0. The van der Waals surface area contributed by atoms with E-state index in [9.17, 15) is 10.1 Å². The Morgan fingerprint density at radius 2 is 2.00 bits per heavy atom. The molecule has 0 aliphatic heterocycles. The molecule has 0 saturated heterocycles. The van der Waals surface area contributed by atoms with E-state index in [1.54, 1.807) is 23.5 Å². The lowest BCUT2D eigenvalue weighted by molar-refractivity contribution is -0.384. The second kappa shape index (κ2) is 11.1. The smallest absolute Gasteiger partial charge is 0.269 e. The average Bonchev–Trinajstić information content (AvgIpc) is 3.07. The summed E-state index contributed by atoms with van der Waals surface area (Å²) >= 11 is 1.64. The van der Waals surface area contributed by atoms with Gasteiger partial charge in [-0.05, 0) is 18.4 Å². The number of guanidine groups is 1. The first kappa shape index (κ1) is 22.3. The topological polar surface area (TPSA) is 92.5 Å². The van der Waals surface area contributed by atoms with Crippen molar-refractivity contribution in [2.75, 3.05) is 6.54 Å². The fraction of sp³-hybridized carbons (Fsp3) is 0.412. The predicted molar refractivity (Wildman–Crippen MR) is 116 cm³/mol. The first-order valence-electron chi connectivity index (χ1n) is 8.19. The van der Waals surface area contributed by atoms with E-state index in [0.717, 1.165) is 22.8 Å². The molecule has 0 aliphatic carbocycles. The summed E-state index contributed by atoms with van der Waals surface area (Å²) in [5.41, 5.74) is 2.11. The minimum Gasteiger partial charge on any atom is -0.357 e. The van der Waals surface area contributed by atoms with Crippen LogP contribution in [-0.2, 0) is 13.1 Å². The van der Waals surface area contributed by atoms with Gasteiger partial charge < -0.3 is 10.6 Å². The zero-order valence-electron chi connectivity index (χ0n) is 15.1. The molecular weight excluding hydrogens is 465 g/mol. The van der Waals surface area contributed by atoms with Crippen molar-refractivity contribution < 1.29 is 4.92 Å². The molecule has 0 unspecified atom stereocenters. The number of hydrogen-bond donors (Lipinski definition) is 2. The molecule has 142 valence electrons. The molecule has 0 aliphatic rings. The molecular formula is C17H24IN5O2S.